The third-order valence-corrected chi connectivity index (χ3v) is 12.4. The zero-order valence-electron chi connectivity index (χ0n) is 22.7. The number of rotatable bonds is 5. The van der Waals surface area contributed by atoms with Gasteiger partial charge in [0.2, 0.25) is 0 Å². The summed E-state index contributed by atoms with van der Waals surface area (Å²) in [7, 11) is 0. The van der Waals surface area contributed by atoms with Crippen LogP contribution in [0.2, 0.25) is 0 Å². The Morgan fingerprint density at radius 3 is 2.29 bits per heavy atom. The maximum absolute atomic E-state index is 12.9. The molecule has 4 aliphatic carbocycles. The molecule has 0 saturated heterocycles. The van der Waals surface area contributed by atoms with E-state index in [0.717, 1.165) is 32.1 Å². The van der Waals surface area contributed by atoms with Gasteiger partial charge in [0.15, 0.2) is 0 Å². The summed E-state index contributed by atoms with van der Waals surface area (Å²) in [5.74, 6) is 1.47. The van der Waals surface area contributed by atoms with Crippen molar-refractivity contribution in [1.82, 2.24) is 0 Å². The Labute approximate surface area is 207 Å². The van der Waals surface area contributed by atoms with Crippen LogP contribution in [-0.2, 0) is 9.59 Å². The first-order valence-electron chi connectivity index (χ1n) is 13.8. The fourth-order valence-corrected chi connectivity index (χ4v) is 10.1. The van der Waals surface area contributed by atoms with Crippen LogP contribution < -0.4 is 0 Å². The second kappa shape index (κ2) is 8.18. The zero-order chi connectivity index (χ0) is 25.3. The van der Waals surface area contributed by atoms with Crippen LogP contribution in [0.25, 0.3) is 0 Å². The smallest absolute Gasteiger partial charge is 0.330 e. The zero-order valence-corrected chi connectivity index (χ0v) is 22.7. The highest BCUT2D eigenvalue weighted by molar-refractivity contribution is 5.86. The Bertz CT molecular complexity index is 884. The van der Waals surface area contributed by atoms with Gasteiger partial charge >= 0.3 is 5.97 Å². The van der Waals surface area contributed by atoms with Gasteiger partial charge in [-0.1, -0.05) is 40.7 Å². The molecule has 4 nitrogen and oxygen atoms in total. The molecule has 4 aliphatic rings. The predicted molar refractivity (Wildman–Crippen MR) is 135 cm³/mol. The molecule has 0 spiro atoms. The summed E-state index contributed by atoms with van der Waals surface area (Å²) >= 11 is 0. The van der Waals surface area contributed by atoms with Gasteiger partial charge < -0.3 is 10.2 Å². The van der Waals surface area contributed by atoms with Crippen LogP contribution in [0.15, 0.2) is 11.6 Å². The molecule has 0 unspecified atom stereocenters. The molecule has 0 aliphatic heterocycles. The van der Waals surface area contributed by atoms with Crippen LogP contribution in [0.3, 0.4) is 0 Å². The van der Waals surface area contributed by atoms with Gasteiger partial charge in [-0.05, 0) is 112 Å². The van der Waals surface area contributed by atoms with Crippen molar-refractivity contribution in [2.75, 3.05) is 0 Å². The van der Waals surface area contributed by atoms with Crippen LogP contribution in [0.5, 0.6) is 0 Å². The monoisotopic (exact) mass is 472 g/mol. The summed E-state index contributed by atoms with van der Waals surface area (Å²) in [6.07, 6.45) is 11.7. The molecular weight excluding hydrogens is 424 g/mol. The largest absolute Gasteiger partial charge is 0.478 e. The molecule has 0 amide bonds. The van der Waals surface area contributed by atoms with E-state index in [1.165, 1.54) is 19.3 Å². The van der Waals surface area contributed by atoms with Crippen molar-refractivity contribution in [3.05, 3.63) is 11.6 Å². The molecule has 4 saturated carbocycles. The number of allylic oxidation sites excluding steroid dienone is 1. The van der Waals surface area contributed by atoms with Crippen LogP contribution in [0.4, 0.5) is 0 Å². The third kappa shape index (κ3) is 3.56. The number of aliphatic hydroxyl groups is 1. The predicted octanol–water partition coefficient (Wildman–Crippen LogP) is 6.80. The van der Waals surface area contributed by atoms with Crippen LogP contribution in [-0.4, -0.2) is 27.6 Å². The fourth-order valence-electron chi connectivity index (χ4n) is 10.1. The summed E-state index contributed by atoms with van der Waals surface area (Å²) in [6, 6.07) is 0. The minimum absolute atomic E-state index is 0.205. The first-order chi connectivity index (χ1) is 15.6. The highest BCUT2D eigenvalue weighted by atomic mass is 16.4. The molecule has 4 fully saturated rings. The van der Waals surface area contributed by atoms with Crippen molar-refractivity contribution in [1.29, 1.82) is 0 Å². The molecule has 0 aromatic rings. The van der Waals surface area contributed by atoms with Crippen molar-refractivity contribution in [2.24, 2.45) is 45.3 Å². The summed E-state index contributed by atoms with van der Waals surface area (Å²) in [4.78, 5) is 24.0. The number of hydrogen-bond donors (Lipinski definition) is 2. The number of aliphatic carboxylic acids is 1. The first-order valence-corrected chi connectivity index (χ1v) is 13.8. The highest BCUT2D eigenvalue weighted by Gasteiger charge is 2.69. The Balaban J connectivity index is 1.58. The van der Waals surface area contributed by atoms with Gasteiger partial charge in [0.25, 0.3) is 0 Å². The number of carboxylic acid groups (broad SMARTS) is 1. The van der Waals surface area contributed by atoms with Crippen molar-refractivity contribution >= 4 is 11.8 Å². The van der Waals surface area contributed by atoms with E-state index in [2.05, 4.69) is 34.6 Å². The van der Waals surface area contributed by atoms with E-state index < -0.39 is 11.6 Å². The molecule has 0 aromatic heterocycles. The molecule has 0 aromatic carbocycles. The lowest BCUT2D eigenvalue weighted by Crippen LogP contribution is -2.63. The van der Waals surface area contributed by atoms with E-state index in [9.17, 15) is 14.7 Å². The van der Waals surface area contributed by atoms with Gasteiger partial charge in [-0.3, -0.25) is 4.79 Å². The van der Waals surface area contributed by atoms with Gasteiger partial charge in [-0.15, -0.1) is 0 Å². The van der Waals surface area contributed by atoms with E-state index in [1.54, 1.807) is 13.0 Å². The molecule has 4 heteroatoms. The quantitative estimate of drug-likeness (QED) is 0.431. The summed E-state index contributed by atoms with van der Waals surface area (Å²) in [5, 5.41) is 20.8. The number of Topliss-reactive ketones (excluding diaryl/α,β-unsaturated/α-hetero) is 1. The standard InChI is InChI=1S/C30H48O4/c1-19(25(32)33)9-8-15-30(7,34)21-12-17-28(5)20(21)10-11-23-27(4)16-14-24(31)26(2,3)22(27)13-18-29(23,28)6/h9,20-23,34H,8,10-18H2,1-7H3,(H,32,33)/b19-9+/t20-,21+,22+,23-,27+,28-,29-,30+/m1/s1. The van der Waals surface area contributed by atoms with Gasteiger partial charge in [-0.25, -0.2) is 4.79 Å². The number of carboxylic acids is 1. The summed E-state index contributed by atoms with van der Waals surface area (Å²) in [6.45, 7) is 15.6. The number of carbonyl (C=O) groups excluding carboxylic acids is 1. The fraction of sp³-hybridized carbons (Fsp3) is 0.867. The lowest BCUT2D eigenvalue weighted by molar-refractivity contribution is -0.207. The molecule has 192 valence electrons. The van der Waals surface area contributed by atoms with E-state index in [1.807, 2.05) is 6.92 Å². The lowest BCUT2D eigenvalue weighted by atomic mass is 9.35. The molecule has 0 heterocycles. The Morgan fingerprint density at radius 2 is 1.65 bits per heavy atom. The average molecular weight is 473 g/mol. The van der Waals surface area contributed by atoms with Gasteiger partial charge in [0, 0.05) is 17.4 Å². The SMILES string of the molecule is C/C(=C\CC[C@](C)(O)[C@H]1CC[C@]2(C)[C@@H]1CC[C@@H]1[C@@]3(C)CCC(=O)C(C)(C)[C@@H]3CC[C@]12C)C(=O)O. The van der Waals surface area contributed by atoms with E-state index in [-0.39, 0.29) is 27.6 Å². The van der Waals surface area contributed by atoms with Crippen molar-refractivity contribution < 1.29 is 19.8 Å². The van der Waals surface area contributed by atoms with Crippen molar-refractivity contribution in [3.63, 3.8) is 0 Å². The van der Waals surface area contributed by atoms with E-state index >= 15 is 0 Å². The molecule has 34 heavy (non-hydrogen) atoms. The second-order valence-electron chi connectivity index (χ2n) is 14.0. The van der Waals surface area contributed by atoms with Crippen molar-refractivity contribution in [2.45, 2.75) is 118 Å². The average Bonchev–Trinajstić information content (AvgIpc) is 3.10. The second-order valence-corrected chi connectivity index (χ2v) is 14.0. The first kappa shape index (κ1) is 25.9. The highest BCUT2D eigenvalue weighted by Crippen LogP contribution is 2.75. The van der Waals surface area contributed by atoms with E-state index in [0.29, 0.717) is 42.0 Å². The molecule has 0 radical (unpaired) electrons. The molecule has 4 rings (SSSR count). The van der Waals surface area contributed by atoms with Gasteiger partial charge in [0.1, 0.15) is 5.78 Å². The summed E-state index contributed by atoms with van der Waals surface area (Å²) < 4.78 is 0. The molecule has 0 bridgehead atoms. The number of fused-ring (bicyclic) bond motifs is 5. The van der Waals surface area contributed by atoms with E-state index in [4.69, 9.17) is 5.11 Å². The van der Waals surface area contributed by atoms with Gasteiger partial charge in [0.05, 0.1) is 5.60 Å². The topological polar surface area (TPSA) is 74.6 Å². The van der Waals surface area contributed by atoms with Crippen LogP contribution in [0.1, 0.15) is 113 Å². The minimum atomic E-state index is -0.879. The Kier molecular flexibility index (Phi) is 6.24. The maximum Gasteiger partial charge on any atom is 0.330 e. The number of ketones is 1. The number of carbonyl (C=O) groups is 2. The normalized spacial score (nSPS) is 45.6. The molecule has 8 atom stereocenters. The Morgan fingerprint density at radius 1 is 1.00 bits per heavy atom. The molecular formula is C30H48O4. The van der Waals surface area contributed by atoms with Crippen LogP contribution in [0, 0.1) is 45.3 Å². The minimum Gasteiger partial charge on any atom is -0.478 e. The van der Waals surface area contributed by atoms with Crippen molar-refractivity contribution in [3.8, 4) is 0 Å². The van der Waals surface area contributed by atoms with Crippen LogP contribution >= 0.6 is 0 Å². The summed E-state index contributed by atoms with van der Waals surface area (Å²) in [5.41, 5.74) is 0.0350. The molecule has 2 N–H and O–H groups in total. The van der Waals surface area contributed by atoms with Gasteiger partial charge in [-0.2, -0.15) is 0 Å². The lowest BCUT2D eigenvalue weighted by Gasteiger charge is -2.69. The third-order valence-electron chi connectivity index (χ3n) is 12.4. The maximum atomic E-state index is 12.9. The Hall–Kier alpha value is -1.16. The number of hydrogen-bond acceptors (Lipinski definition) is 3.